The monoisotopic (exact) mass is 436 g/mol. The molecule has 0 heterocycles. The summed E-state index contributed by atoms with van der Waals surface area (Å²) in [6.07, 6.45) is 5.59. The maximum atomic E-state index is 10.3. The van der Waals surface area contributed by atoms with Gasteiger partial charge in [0.05, 0.1) is 13.1 Å². The smallest absolute Gasteiger partial charge is 0.277 e. The van der Waals surface area contributed by atoms with Crippen LogP contribution >= 0.6 is 11.6 Å². The second-order valence-corrected chi connectivity index (χ2v) is 7.94. The van der Waals surface area contributed by atoms with Crippen molar-refractivity contribution < 1.29 is 14.4 Å². The number of allylic oxidation sites excluding steroid dienone is 2. The van der Waals surface area contributed by atoms with Crippen LogP contribution in [0.15, 0.2) is 47.7 Å². The lowest BCUT2D eigenvalue weighted by molar-refractivity contribution is -0.448. The summed E-state index contributed by atoms with van der Waals surface area (Å²) in [6.45, 7) is 9.50. The van der Waals surface area contributed by atoms with E-state index in [4.69, 9.17) is 16.3 Å². The Morgan fingerprint density at radius 1 is 1.23 bits per heavy atom. The van der Waals surface area contributed by atoms with E-state index in [1.54, 1.807) is 6.08 Å². The molecule has 1 atom stereocenters. The summed E-state index contributed by atoms with van der Waals surface area (Å²) in [4.78, 5) is 0. The van der Waals surface area contributed by atoms with Crippen molar-refractivity contribution in [2.75, 3.05) is 27.2 Å². The highest BCUT2D eigenvalue weighted by atomic mass is 35.5. The van der Waals surface area contributed by atoms with Gasteiger partial charge in [-0.05, 0) is 77.1 Å². The lowest BCUT2D eigenvalue weighted by Crippen LogP contribution is -2.39. The van der Waals surface area contributed by atoms with E-state index in [1.165, 1.54) is 11.3 Å². The highest BCUT2D eigenvalue weighted by Gasteiger charge is 2.22. The number of benzene rings is 1. The number of hydrogen-bond acceptors (Lipinski definition) is 3. The maximum Gasteiger partial charge on any atom is 0.277 e. The highest BCUT2D eigenvalue weighted by Crippen LogP contribution is 2.16. The third-order valence-electron chi connectivity index (χ3n) is 4.56. The Morgan fingerprint density at radius 3 is 2.43 bits per heavy atom. The first-order chi connectivity index (χ1) is 14.3. The number of nitrogens with zero attached hydrogens (tertiary/aromatic N) is 1. The summed E-state index contributed by atoms with van der Waals surface area (Å²) < 4.78 is 7.57. The van der Waals surface area contributed by atoms with Crippen LogP contribution in [0.1, 0.15) is 46.1 Å². The van der Waals surface area contributed by atoms with E-state index in [1.807, 2.05) is 26.1 Å². The third kappa shape index (κ3) is 9.43. The van der Waals surface area contributed by atoms with Gasteiger partial charge < -0.3 is 15.2 Å². The molecule has 1 aromatic carbocycles. The topological polar surface area (TPSA) is 56.5 Å². The Hall–Kier alpha value is -1.66. The first-order valence-electron chi connectivity index (χ1n) is 10.8. The van der Waals surface area contributed by atoms with Crippen molar-refractivity contribution in [2.45, 2.75) is 59.3 Å². The molecule has 0 aromatic heterocycles. The summed E-state index contributed by atoms with van der Waals surface area (Å²) in [5.41, 5.74) is 3.40. The molecule has 6 heteroatoms. The molecule has 0 fully saturated rings. The molecule has 1 unspecified atom stereocenters. The number of aliphatic hydroxyl groups is 1. The molecular weight excluding hydrogens is 398 g/mol. The fourth-order valence-corrected chi connectivity index (χ4v) is 3.25. The normalized spacial score (nSPS) is 14.7. The minimum absolute atomic E-state index is 0.239. The Labute approximate surface area is 187 Å². The Morgan fingerprint density at radius 2 is 1.90 bits per heavy atom. The van der Waals surface area contributed by atoms with E-state index in [0.717, 1.165) is 42.2 Å². The van der Waals surface area contributed by atoms with E-state index in [-0.39, 0.29) is 6.04 Å². The van der Waals surface area contributed by atoms with Crippen LogP contribution in [0, 0.1) is 0 Å². The third-order valence-corrected chi connectivity index (χ3v) is 4.81. The molecule has 0 aliphatic carbocycles. The Bertz CT molecular complexity index is 724. The summed E-state index contributed by atoms with van der Waals surface area (Å²) >= 11 is 6.06. The first kappa shape index (κ1) is 26.4. The fraction of sp³-hybridized carbons (Fsp3) is 0.542. The molecule has 3 N–H and O–H groups in total. The van der Waals surface area contributed by atoms with Gasteiger partial charge in [-0.25, -0.2) is 4.58 Å². The highest BCUT2D eigenvalue weighted by molar-refractivity contribution is 6.30. The van der Waals surface area contributed by atoms with Crippen molar-refractivity contribution in [1.29, 1.82) is 0 Å². The zero-order valence-electron chi connectivity index (χ0n) is 19.3. The molecule has 0 aliphatic heterocycles. The molecule has 0 saturated heterocycles. The standard InChI is InChI=1S/C24H38ClN3O2/c1-7-9-22(16-19-10-12-21(25)13-11-19)28(6)24(27-18(3)4)20(14-15-26-5)17-23(29)30-8-2/h9-13,17-18,23,26,29H,7-8,14-16H2,1-6H3/p+1. The van der Waals surface area contributed by atoms with E-state index in [0.29, 0.717) is 6.61 Å². The van der Waals surface area contributed by atoms with Gasteiger partial charge in [0.25, 0.3) is 5.84 Å². The SMILES string of the molecule is CCC=C(Cc1ccc(Cl)cc1)[N+](C)=C(NC(C)C)C(=CC(O)OCC)CCNC. The fourth-order valence-electron chi connectivity index (χ4n) is 3.13. The summed E-state index contributed by atoms with van der Waals surface area (Å²) in [5.74, 6) is 0.979. The maximum absolute atomic E-state index is 10.3. The van der Waals surface area contributed by atoms with Gasteiger partial charge in [0.1, 0.15) is 5.70 Å². The number of nitrogens with one attached hydrogen (secondary N) is 2. The molecule has 0 bridgehead atoms. The molecule has 1 rings (SSSR count). The van der Waals surface area contributed by atoms with E-state index < -0.39 is 6.29 Å². The van der Waals surface area contributed by atoms with Crippen molar-refractivity contribution in [2.24, 2.45) is 0 Å². The van der Waals surface area contributed by atoms with Crippen LogP contribution in [0.25, 0.3) is 0 Å². The molecule has 1 aromatic rings. The van der Waals surface area contributed by atoms with Crippen molar-refractivity contribution in [3.05, 3.63) is 58.3 Å². The Kier molecular flexibility index (Phi) is 12.6. The molecule has 5 nitrogen and oxygen atoms in total. The molecule has 0 aliphatic rings. The second-order valence-electron chi connectivity index (χ2n) is 7.50. The van der Waals surface area contributed by atoms with Gasteiger partial charge in [0.15, 0.2) is 6.29 Å². The van der Waals surface area contributed by atoms with Crippen LogP contribution in [0.4, 0.5) is 0 Å². The van der Waals surface area contributed by atoms with Crippen LogP contribution in [0.5, 0.6) is 0 Å². The molecule has 168 valence electrons. The number of halogens is 1. The van der Waals surface area contributed by atoms with Gasteiger partial charge >= 0.3 is 0 Å². The van der Waals surface area contributed by atoms with Crippen molar-refractivity contribution in [1.82, 2.24) is 10.6 Å². The summed E-state index contributed by atoms with van der Waals surface area (Å²) in [5, 5.41) is 17.8. The molecule has 0 amide bonds. The van der Waals surface area contributed by atoms with E-state index >= 15 is 0 Å². The van der Waals surface area contributed by atoms with Gasteiger partial charge in [-0.2, -0.15) is 0 Å². The lowest BCUT2D eigenvalue weighted by Gasteiger charge is -2.18. The van der Waals surface area contributed by atoms with Crippen LogP contribution < -0.4 is 10.6 Å². The Balaban J connectivity index is 3.43. The van der Waals surface area contributed by atoms with E-state index in [2.05, 4.69) is 61.2 Å². The number of ether oxygens (including phenoxy) is 1. The van der Waals surface area contributed by atoms with Gasteiger partial charge in [-0.1, -0.05) is 30.7 Å². The van der Waals surface area contributed by atoms with Crippen molar-refractivity contribution >= 4 is 17.4 Å². The van der Waals surface area contributed by atoms with Crippen LogP contribution in [0.3, 0.4) is 0 Å². The minimum atomic E-state index is -0.936. The van der Waals surface area contributed by atoms with Gasteiger partial charge in [-0.15, -0.1) is 0 Å². The van der Waals surface area contributed by atoms with E-state index in [9.17, 15) is 5.11 Å². The predicted octanol–water partition coefficient (Wildman–Crippen LogP) is 4.11. The average Bonchev–Trinajstić information content (AvgIpc) is 2.70. The van der Waals surface area contributed by atoms with Crippen LogP contribution in [-0.4, -0.2) is 55.1 Å². The first-order valence-corrected chi connectivity index (χ1v) is 11.2. The minimum Gasteiger partial charge on any atom is -0.365 e. The number of hydrogen-bond donors (Lipinski definition) is 3. The average molecular weight is 437 g/mol. The number of rotatable bonds is 12. The molecule has 30 heavy (non-hydrogen) atoms. The lowest BCUT2D eigenvalue weighted by atomic mass is 10.1. The van der Waals surface area contributed by atoms with Gasteiger partial charge in [0, 0.05) is 23.6 Å². The van der Waals surface area contributed by atoms with Gasteiger partial charge in [-0.3, -0.25) is 5.32 Å². The molecule has 0 saturated carbocycles. The summed E-state index contributed by atoms with van der Waals surface area (Å²) in [7, 11) is 4.00. The van der Waals surface area contributed by atoms with Crippen molar-refractivity contribution in [3.63, 3.8) is 0 Å². The quantitative estimate of drug-likeness (QED) is 0.200. The molecular formula is C24H39ClN3O2+. The number of aliphatic hydroxyl groups excluding tert-OH is 1. The second kappa shape index (κ2) is 14.4. The van der Waals surface area contributed by atoms with Crippen LogP contribution in [-0.2, 0) is 11.2 Å². The zero-order chi connectivity index (χ0) is 22.5. The number of amidine groups is 1. The zero-order valence-corrected chi connectivity index (χ0v) is 20.1. The van der Waals surface area contributed by atoms with Crippen molar-refractivity contribution in [3.8, 4) is 0 Å². The largest absolute Gasteiger partial charge is 0.365 e. The molecule has 0 radical (unpaired) electrons. The van der Waals surface area contributed by atoms with Crippen LogP contribution in [0.2, 0.25) is 5.02 Å². The molecule has 0 spiro atoms. The number of likely N-dealkylation sites (N-methyl/N-ethyl adjacent to an activating group) is 1. The predicted molar refractivity (Wildman–Crippen MR) is 127 cm³/mol. The van der Waals surface area contributed by atoms with Gasteiger partial charge in [0.2, 0.25) is 0 Å². The summed E-state index contributed by atoms with van der Waals surface area (Å²) in [6, 6.07) is 8.21.